The summed E-state index contributed by atoms with van der Waals surface area (Å²) < 4.78 is 26.6. The molecule has 0 saturated carbocycles. The number of aryl methyl sites for hydroxylation is 2. The minimum Gasteiger partial charge on any atom is -0.396 e. The van der Waals surface area contributed by atoms with Crippen molar-refractivity contribution in [2.45, 2.75) is 45.1 Å². The summed E-state index contributed by atoms with van der Waals surface area (Å²) in [5.41, 5.74) is 2.04. The highest BCUT2D eigenvalue weighted by atomic mass is 32.2. The Hall–Kier alpha value is -0.910. The molecule has 0 aliphatic rings. The van der Waals surface area contributed by atoms with Crippen LogP contribution < -0.4 is 0 Å². The minimum absolute atomic E-state index is 0.00827. The number of rotatable bonds is 6. The Balaban J connectivity index is 3.15. The molecule has 108 valence electrons. The normalized spacial score (nSPS) is 12.4. The molecule has 0 bridgehead atoms. The topological polar surface area (TPSA) is 57.6 Å². The van der Waals surface area contributed by atoms with Gasteiger partial charge in [0.25, 0.3) is 0 Å². The minimum atomic E-state index is -3.49. The monoisotopic (exact) mass is 285 g/mol. The van der Waals surface area contributed by atoms with Gasteiger partial charge in [-0.25, -0.2) is 8.42 Å². The molecule has 0 aliphatic carbocycles. The van der Waals surface area contributed by atoms with E-state index in [9.17, 15) is 8.42 Å². The van der Waals surface area contributed by atoms with Crippen LogP contribution in [0.15, 0.2) is 23.1 Å². The van der Waals surface area contributed by atoms with E-state index in [1.807, 2.05) is 33.8 Å². The maximum absolute atomic E-state index is 12.6. The van der Waals surface area contributed by atoms with Crippen molar-refractivity contribution in [1.29, 1.82) is 0 Å². The van der Waals surface area contributed by atoms with E-state index in [4.69, 9.17) is 5.11 Å². The highest BCUT2D eigenvalue weighted by molar-refractivity contribution is 7.89. The Kier molecular flexibility index (Phi) is 5.52. The second-order valence-corrected chi connectivity index (χ2v) is 6.92. The summed E-state index contributed by atoms with van der Waals surface area (Å²) in [6.07, 6.45) is 0.447. The molecule has 19 heavy (non-hydrogen) atoms. The maximum atomic E-state index is 12.6. The number of aliphatic hydroxyl groups excluding tert-OH is 1. The predicted molar refractivity (Wildman–Crippen MR) is 76.6 cm³/mol. The summed E-state index contributed by atoms with van der Waals surface area (Å²) in [6, 6.07) is 5.05. The molecule has 0 atom stereocenters. The molecule has 0 unspecified atom stereocenters. The van der Waals surface area contributed by atoms with Crippen molar-refractivity contribution in [3.63, 3.8) is 0 Å². The zero-order valence-electron chi connectivity index (χ0n) is 12.0. The maximum Gasteiger partial charge on any atom is 0.243 e. The fourth-order valence-corrected chi connectivity index (χ4v) is 3.65. The van der Waals surface area contributed by atoms with Crippen molar-refractivity contribution in [2.75, 3.05) is 13.2 Å². The summed E-state index contributed by atoms with van der Waals surface area (Å²) in [5, 5.41) is 8.89. The van der Waals surface area contributed by atoms with E-state index in [1.54, 1.807) is 12.1 Å². The Morgan fingerprint density at radius 2 is 1.84 bits per heavy atom. The van der Waals surface area contributed by atoms with E-state index in [2.05, 4.69) is 0 Å². The largest absolute Gasteiger partial charge is 0.396 e. The predicted octanol–water partition coefficient (Wildman–Crippen LogP) is 2.08. The van der Waals surface area contributed by atoms with Crippen LogP contribution >= 0.6 is 0 Å². The van der Waals surface area contributed by atoms with Gasteiger partial charge in [-0.15, -0.1) is 0 Å². The number of nitrogens with zero attached hydrogens (tertiary/aromatic N) is 1. The van der Waals surface area contributed by atoms with Crippen molar-refractivity contribution in [3.05, 3.63) is 29.3 Å². The lowest BCUT2D eigenvalue weighted by Gasteiger charge is -2.26. The lowest BCUT2D eigenvalue weighted by atomic mass is 10.1. The average Bonchev–Trinajstić information content (AvgIpc) is 2.32. The Bertz CT molecular complexity index is 523. The van der Waals surface area contributed by atoms with Crippen LogP contribution in [0.1, 0.15) is 31.4 Å². The summed E-state index contributed by atoms with van der Waals surface area (Å²) in [7, 11) is -3.49. The van der Waals surface area contributed by atoms with Gasteiger partial charge < -0.3 is 5.11 Å². The average molecular weight is 285 g/mol. The van der Waals surface area contributed by atoms with Crippen LogP contribution in [0.2, 0.25) is 0 Å². The number of aliphatic hydroxyl groups is 1. The first-order valence-corrected chi connectivity index (χ1v) is 7.94. The molecule has 0 saturated heterocycles. The summed E-state index contributed by atoms with van der Waals surface area (Å²) in [5.74, 6) is 0. The first-order chi connectivity index (χ1) is 8.80. The molecule has 1 rings (SSSR count). The zero-order valence-corrected chi connectivity index (χ0v) is 12.9. The highest BCUT2D eigenvalue weighted by Gasteiger charge is 2.26. The van der Waals surface area contributed by atoms with Gasteiger partial charge in [0.15, 0.2) is 0 Å². The van der Waals surface area contributed by atoms with Gasteiger partial charge >= 0.3 is 0 Å². The quantitative estimate of drug-likeness (QED) is 0.870. The molecule has 0 aliphatic heterocycles. The van der Waals surface area contributed by atoms with Gasteiger partial charge in [0, 0.05) is 19.2 Å². The van der Waals surface area contributed by atoms with Crippen molar-refractivity contribution >= 4 is 10.0 Å². The summed E-state index contributed by atoms with van der Waals surface area (Å²) in [4.78, 5) is 0.322. The first kappa shape index (κ1) is 16.1. The third-order valence-electron chi connectivity index (χ3n) is 3.20. The van der Waals surface area contributed by atoms with Crippen LogP contribution in [0.4, 0.5) is 0 Å². The smallest absolute Gasteiger partial charge is 0.243 e. The molecule has 0 heterocycles. The Labute approximate surface area is 116 Å². The number of hydrogen-bond donors (Lipinski definition) is 1. The van der Waals surface area contributed by atoms with Crippen LogP contribution in [-0.4, -0.2) is 37.0 Å². The molecule has 0 amide bonds. The molecular formula is C14H23NO3S. The second-order valence-electron chi connectivity index (χ2n) is 5.03. The molecule has 0 aromatic heterocycles. The number of sulfonamides is 1. The second kappa shape index (κ2) is 6.50. The molecule has 5 heteroatoms. The fraction of sp³-hybridized carbons (Fsp3) is 0.571. The van der Waals surface area contributed by atoms with E-state index in [0.717, 1.165) is 11.1 Å². The molecule has 1 N–H and O–H groups in total. The van der Waals surface area contributed by atoms with E-state index < -0.39 is 10.0 Å². The Morgan fingerprint density at radius 1 is 1.21 bits per heavy atom. The van der Waals surface area contributed by atoms with Crippen LogP contribution in [0.25, 0.3) is 0 Å². The molecule has 1 aromatic rings. The molecular weight excluding hydrogens is 262 g/mol. The van der Waals surface area contributed by atoms with Gasteiger partial charge in [-0.3, -0.25) is 0 Å². The van der Waals surface area contributed by atoms with Gasteiger partial charge in [0.05, 0.1) is 4.90 Å². The molecule has 1 aromatic carbocycles. The van der Waals surface area contributed by atoms with E-state index >= 15 is 0 Å². The third kappa shape index (κ3) is 3.78. The first-order valence-electron chi connectivity index (χ1n) is 6.50. The van der Waals surface area contributed by atoms with Crippen molar-refractivity contribution in [2.24, 2.45) is 0 Å². The molecule has 0 spiro atoms. The SMILES string of the molecule is Cc1ccc(S(=O)(=O)N(CCCO)C(C)C)cc1C. The van der Waals surface area contributed by atoms with Crippen molar-refractivity contribution in [3.8, 4) is 0 Å². The van der Waals surface area contributed by atoms with Gasteiger partial charge in [-0.05, 0) is 57.4 Å². The van der Waals surface area contributed by atoms with E-state index in [1.165, 1.54) is 4.31 Å². The summed E-state index contributed by atoms with van der Waals surface area (Å²) >= 11 is 0. The van der Waals surface area contributed by atoms with Crippen LogP contribution in [0, 0.1) is 13.8 Å². The highest BCUT2D eigenvalue weighted by Crippen LogP contribution is 2.21. The molecule has 0 fully saturated rings. The van der Waals surface area contributed by atoms with Gasteiger partial charge in [-0.2, -0.15) is 4.31 Å². The fourth-order valence-electron chi connectivity index (χ4n) is 1.89. The summed E-state index contributed by atoms with van der Waals surface area (Å²) in [6.45, 7) is 7.88. The third-order valence-corrected chi connectivity index (χ3v) is 5.27. The van der Waals surface area contributed by atoms with Gasteiger partial charge in [0.1, 0.15) is 0 Å². The van der Waals surface area contributed by atoms with Crippen molar-refractivity contribution in [1.82, 2.24) is 4.31 Å². The van der Waals surface area contributed by atoms with Crippen LogP contribution in [0.3, 0.4) is 0 Å². The van der Waals surface area contributed by atoms with Gasteiger partial charge in [-0.1, -0.05) is 6.07 Å². The van der Waals surface area contributed by atoms with E-state index in [0.29, 0.717) is 17.9 Å². The van der Waals surface area contributed by atoms with Gasteiger partial charge in [0.2, 0.25) is 10.0 Å². The molecule has 0 radical (unpaired) electrons. The van der Waals surface area contributed by atoms with E-state index in [-0.39, 0.29) is 12.6 Å². The Morgan fingerprint density at radius 3 is 2.32 bits per heavy atom. The standard InChI is InChI=1S/C14H23NO3S/c1-11(2)15(8-5-9-16)19(17,18)14-7-6-12(3)13(4)10-14/h6-7,10-11,16H,5,8-9H2,1-4H3. The van der Waals surface area contributed by atoms with Crippen LogP contribution in [-0.2, 0) is 10.0 Å². The number of hydrogen-bond acceptors (Lipinski definition) is 3. The zero-order chi connectivity index (χ0) is 14.6. The van der Waals surface area contributed by atoms with Crippen LogP contribution in [0.5, 0.6) is 0 Å². The lowest BCUT2D eigenvalue weighted by Crippen LogP contribution is -2.38. The molecule has 4 nitrogen and oxygen atoms in total. The number of benzene rings is 1. The lowest BCUT2D eigenvalue weighted by molar-refractivity contribution is 0.258. The van der Waals surface area contributed by atoms with Crippen molar-refractivity contribution < 1.29 is 13.5 Å².